The van der Waals surface area contributed by atoms with Gasteiger partial charge in [0.15, 0.2) is 4.67 Å². The fourth-order valence-corrected chi connectivity index (χ4v) is 1.62. The quantitative estimate of drug-likeness (QED) is 0.869. The maximum Gasteiger partial charge on any atom is 0.256 e. The lowest BCUT2D eigenvalue weighted by Gasteiger charge is -2.13. The second-order valence-electron chi connectivity index (χ2n) is 3.59. The average Bonchev–Trinajstić information content (AvgIpc) is 2.72. The second-order valence-corrected chi connectivity index (χ2v) is 4.31. The van der Waals surface area contributed by atoms with Gasteiger partial charge in [0, 0.05) is 6.54 Å². The summed E-state index contributed by atoms with van der Waals surface area (Å²) < 4.78 is 5.31. The standard InChI is InChI=1S/C11H15BrN2O3/c1-3-5-13-10(15)7(2)14-11(16)8-4-6-17-9(8)12/h4,6-7H,3,5H2,1-2H3,(H,13,15)(H,14,16). The first-order valence-electron chi connectivity index (χ1n) is 5.37. The Morgan fingerprint density at radius 2 is 2.24 bits per heavy atom. The van der Waals surface area contributed by atoms with E-state index in [1.165, 1.54) is 12.3 Å². The lowest BCUT2D eigenvalue weighted by Crippen LogP contribution is -2.44. The number of halogens is 1. The van der Waals surface area contributed by atoms with Gasteiger partial charge in [-0.3, -0.25) is 9.59 Å². The first-order valence-corrected chi connectivity index (χ1v) is 6.17. The highest BCUT2D eigenvalue weighted by Crippen LogP contribution is 2.17. The van der Waals surface area contributed by atoms with Gasteiger partial charge in [-0.1, -0.05) is 6.92 Å². The molecule has 1 aromatic heterocycles. The Balaban J connectivity index is 2.51. The topological polar surface area (TPSA) is 71.3 Å². The molecule has 1 heterocycles. The van der Waals surface area contributed by atoms with Crippen molar-refractivity contribution >= 4 is 27.7 Å². The van der Waals surface area contributed by atoms with Crippen LogP contribution < -0.4 is 10.6 Å². The van der Waals surface area contributed by atoms with Crippen molar-refractivity contribution in [1.82, 2.24) is 10.6 Å². The summed E-state index contributed by atoms with van der Waals surface area (Å²) in [6.45, 7) is 4.21. The van der Waals surface area contributed by atoms with Crippen molar-refractivity contribution in [1.29, 1.82) is 0 Å². The third-order valence-electron chi connectivity index (χ3n) is 2.15. The van der Waals surface area contributed by atoms with Gasteiger partial charge >= 0.3 is 0 Å². The fourth-order valence-electron chi connectivity index (χ4n) is 1.20. The van der Waals surface area contributed by atoms with Gasteiger partial charge in [-0.25, -0.2) is 0 Å². The Morgan fingerprint density at radius 3 is 2.76 bits per heavy atom. The first-order chi connectivity index (χ1) is 8.06. The highest BCUT2D eigenvalue weighted by molar-refractivity contribution is 9.10. The normalized spacial score (nSPS) is 11.9. The lowest BCUT2D eigenvalue weighted by atomic mass is 10.2. The molecule has 0 aliphatic carbocycles. The van der Waals surface area contributed by atoms with Crippen LogP contribution in [-0.4, -0.2) is 24.4 Å². The van der Waals surface area contributed by atoms with Gasteiger partial charge in [0.2, 0.25) is 5.91 Å². The summed E-state index contributed by atoms with van der Waals surface area (Å²) in [5.41, 5.74) is 0.375. The first kappa shape index (κ1) is 13.8. The number of furan rings is 1. The number of carbonyl (C=O) groups is 2. The Hall–Kier alpha value is -1.30. The zero-order chi connectivity index (χ0) is 12.8. The van der Waals surface area contributed by atoms with E-state index in [9.17, 15) is 9.59 Å². The molecular formula is C11H15BrN2O3. The number of rotatable bonds is 5. The summed E-state index contributed by atoms with van der Waals surface area (Å²) in [5, 5.41) is 5.30. The molecule has 0 spiro atoms. The minimum atomic E-state index is -0.573. The van der Waals surface area contributed by atoms with Gasteiger partial charge in [0.25, 0.3) is 5.91 Å². The molecule has 2 amide bonds. The molecule has 0 radical (unpaired) electrons. The van der Waals surface area contributed by atoms with E-state index >= 15 is 0 Å². The number of hydrogen-bond acceptors (Lipinski definition) is 3. The van der Waals surface area contributed by atoms with E-state index in [2.05, 4.69) is 26.6 Å². The van der Waals surface area contributed by atoms with Crippen molar-refractivity contribution in [2.24, 2.45) is 0 Å². The molecule has 6 heteroatoms. The molecule has 0 fully saturated rings. The molecule has 2 N–H and O–H groups in total. The number of hydrogen-bond donors (Lipinski definition) is 2. The van der Waals surface area contributed by atoms with E-state index in [1.54, 1.807) is 6.92 Å². The predicted molar refractivity (Wildman–Crippen MR) is 66.6 cm³/mol. The molecule has 0 aliphatic rings. The minimum Gasteiger partial charge on any atom is -0.457 e. The molecule has 1 aromatic rings. The number of nitrogens with one attached hydrogen (secondary N) is 2. The molecule has 0 saturated heterocycles. The lowest BCUT2D eigenvalue weighted by molar-refractivity contribution is -0.122. The van der Waals surface area contributed by atoms with Gasteiger partial charge in [0.1, 0.15) is 6.04 Å². The van der Waals surface area contributed by atoms with Gasteiger partial charge in [-0.05, 0) is 35.3 Å². The summed E-state index contributed by atoms with van der Waals surface area (Å²) in [5.74, 6) is -0.537. The summed E-state index contributed by atoms with van der Waals surface area (Å²) in [7, 11) is 0. The van der Waals surface area contributed by atoms with Crippen LogP contribution in [-0.2, 0) is 4.79 Å². The molecule has 0 bridgehead atoms. The second kappa shape index (κ2) is 6.44. The summed E-state index contributed by atoms with van der Waals surface area (Å²) >= 11 is 3.11. The Labute approximate surface area is 108 Å². The van der Waals surface area contributed by atoms with E-state index in [1.807, 2.05) is 6.92 Å². The van der Waals surface area contributed by atoms with Crippen LogP contribution in [0.2, 0.25) is 0 Å². The predicted octanol–water partition coefficient (Wildman–Crippen LogP) is 1.69. The molecule has 0 saturated carbocycles. The van der Waals surface area contributed by atoms with Crippen molar-refractivity contribution in [3.8, 4) is 0 Å². The number of carbonyl (C=O) groups excluding carboxylic acids is 2. The number of amides is 2. The molecule has 5 nitrogen and oxygen atoms in total. The Kier molecular flexibility index (Phi) is 5.21. The maximum absolute atomic E-state index is 11.7. The van der Waals surface area contributed by atoms with Crippen molar-refractivity contribution in [3.63, 3.8) is 0 Å². The van der Waals surface area contributed by atoms with Crippen LogP contribution in [0.3, 0.4) is 0 Å². The largest absolute Gasteiger partial charge is 0.457 e. The van der Waals surface area contributed by atoms with Crippen molar-refractivity contribution < 1.29 is 14.0 Å². The van der Waals surface area contributed by atoms with Crippen LogP contribution in [0.5, 0.6) is 0 Å². The molecular weight excluding hydrogens is 288 g/mol. The van der Waals surface area contributed by atoms with Crippen LogP contribution in [0.25, 0.3) is 0 Å². The van der Waals surface area contributed by atoms with Crippen molar-refractivity contribution in [2.75, 3.05) is 6.54 Å². The van der Waals surface area contributed by atoms with E-state index < -0.39 is 6.04 Å². The van der Waals surface area contributed by atoms with Crippen LogP contribution in [0.1, 0.15) is 30.6 Å². The third kappa shape index (κ3) is 3.89. The van der Waals surface area contributed by atoms with Gasteiger partial charge in [-0.2, -0.15) is 0 Å². The summed E-state index contributed by atoms with van der Waals surface area (Å²) in [6, 6.07) is 0.964. The summed E-state index contributed by atoms with van der Waals surface area (Å²) in [6.07, 6.45) is 2.26. The van der Waals surface area contributed by atoms with Gasteiger partial charge in [-0.15, -0.1) is 0 Å². The Morgan fingerprint density at radius 1 is 1.53 bits per heavy atom. The van der Waals surface area contributed by atoms with Crippen molar-refractivity contribution in [3.05, 3.63) is 22.6 Å². The highest BCUT2D eigenvalue weighted by Gasteiger charge is 2.18. The monoisotopic (exact) mass is 302 g/mol. The van der Waals surface area contributed by atoms with Crippen LogP contribution in [0, 0.1) is 0 Å². The molecule has 0 aliphatic heterocycles. The summed E-state index contributed by atoms with van der Waals surface area (Å²) in [4.78, 5) is 23.3. The molecule has 1 rings (SSSR count). The van der Waals surface area contributed by atoms with E-state index in [4.69, 9.17) is 4.42 Å². The van der Waals surface area contributed by atoms with Crippen LogP contribution >= 0.6 is 15.9 Å². The minimum absolute atomic E-state index is 0.195. The third-order valence-corrected chi connectivity index (χ3v) is 2.77. The van der Waals surface area contributed by atoms with Crippen LogP contribution in [0.15, 0.2) is 21.4 Å². The van der Waals surface area contributed by atoms with E-state index in [-0.39, 0.29) is 11.8 Å². The van der Waals surface area contributed by atoms with Gasteiger partial charge in [0.05, 0.1) is 11.8 Å². The maximum atomic E-state index is 11.7. The van der Waals surface area contributed by atoms with Crippen LogP contribution in [0.4, 0.5) is 0 Å². The van der Waals surface area contributed by atoms with Crippen molar-refractivity contribution in [2.45, 2.75) is 26.3 Å². The molecule has 17 heavy (non-hydrogen) atoms. The van der Waals surface area contributed by atoms with Gasteiger partial charge < -0.3 is 15.1 Å². The molecule has 94 valence electrons. The average molecular weight is 303 g/mol. The highest BCUT2D eigenvalue weighted by atomic mass is 79.9. The zero-order valence-electron chi connectivity index (χ0n) is 9.75. The SMILES string of the molecule is CCCNC(=O)C(C)NC(=O)c1ccoc1Br. The Bertz CT molecular complexity index is 403. The molecule has 1 atom stereocenters. The molecule has 0 aromatic carbocycles. The molecule has 1 unspecified atom stereocenters. The fraction of sp³-hybridized carbons (Fsp3) is 0.455. The zero-order valence-corrected chi connectivity index (χ0v) is 11.3. The van der Waals surface area contributed by atoms with E-state index in [0.717, 1.165) is 6.42 Å². The smallest absolute Gasteiger partial charge is 0.256 e. The van der Waals surface area contributed by atoms with E-state index in [0.29, 0.717) is 16.8 Å².